The van der Waals surface area contributed by atoms with Gasteiger partial charge >= 0.3 is 6.09 Å². The Kier molecular flexibility index (Phi) is 4.11. The van der Waals surface area contributed by atoms with Gasteiger partial charge in [0.05, 0.1) is 16.9 Å². The van der Waals surface area contributed by atoms with E-state index in [-0.39, 0.29) is 12.0 Å². The minimum absolute atomic E-state index is 0.127. The average molecular weight is 303 g/mol. The summed E-state index contributed by atoms with van der Waals surface area (Å²) in [5.41, 5.74) is 6.20. The first-order valence-electron chi connectivity index (χ1n) is 5.57. The van der Waals surface area contributed by atoms with E-state index < -0.39 is 6.09 Å². The van der Waals surface area contributed by atoms with Gasteiger partial charge in [-0.15, -0.1) is 11.6 Å². The Morgan fingerprint density at radius 2 is 2.37 bits per heavy atom. The maximum atomic E-state index is 10.6. The number of primary amides is 1. The van der Waals surface area contributed by atoms with E-state index in [1.54, 1.807) is 17.6 Å². The lowest BCUT2D eigenvalue weighted by Crippen LogP contribution is -2.17. The number of pyridine rings is 1. The van der Waals surface area contributed by atoms with Crippen LogP contribution in [-0.2, 0) is 11.3 Å². The van der Waals surface area contributed by atoms with Gasteiger partial charge in [-0.25, -0.2) is 14.8 Å². The highest BCUT2D eigenvalue weighted by molar-refractivity contribution is 6.31. The molecule has 0 spiro atoms. The molecule has 1 atom stereocenters. The first-order chi connectivity index (χ1) is 8.99. The molecule has 6 nitrogen and oxygen atoms in total. The van der Waals surface area contributed by atoms with E-state index in [1.807, 2.05) is 0 Å². The van der Waals surface area contributed by atoms with E-state index in [2.05, 4.69) is 9.97 Å². The number of nitrogens with zero attached hydrogens (tertiary/aromatic N) is 3. The van der Waals surface area contributed by atoms with Crippen LogP contribution in [0.4, 0.5) is 4.79 Å². The predicted octanol–water partition coefficient (Wildman–Crippen LogP) is 2.48. The molecule has 0 fully saturated rings. The molecule has 0 aliphatic carbocycles. The van der Waals surface area contributed by atoms with Crippen LogP contribution in [0, 0.1) is 0 Å². The summed E-state index contributed by atoms with van der Waals surface area (Å²) in [6.07, 6.45) is 0.709. The summed E-state index contributed by atoms with van der Waals surface area (Å²) in [5, 5.41) is 0.195. The number of nitrogens with two attached hydrogens (primary N) is 1. The second-order valence-electron chi connectivity index (χ2n) is 3.90. The molecule has 8 heteroatoms. The zero-order valence-electron chi connectivity index (χ0n) is 10.1. The molecule has 2 aromatic heterocycles. The number of amides is 1. The summed E-state index contributed by atoms with van der Waals surface area (Å²) in [6, 6.07) is 1.71. The summed E-state index contributed by atoms with van der Waals surface area (Å²) in [6.45, 7) is 2.30. The number of carbonyl (C=O) groups is 1. The minimum Gasteiger partial charge on any atom is -0.448 e. The monoisotopic (exact) mass is 302 g/mol. The van der Waals surface area contributed by atoms with Gasteiger partial charge in [0.25, 0.3) is 0 Å². The Labute approximate surface area is 119 Å². The quantitative estimate of drug-likeness (QED) is 0.880. The minimum atomic E-state index is -0.819. The highest BCUT2D eigenvalue weighted by Gasteiger charge is 2.16. The van der Waals surface area contributed by atoms with Crippen molar-refractivity contribution in [2.45, 2.75) is 18.8 Å². The van der Waals surface area contributed by atoms with Crippen molar-refractivity contribution < 1.29 is 9.53 Å². The molecule has 0 radical (unpaired) electrons. The van der Waals surface area contributed by atoms with Crippen LogP contribution in [0.5, 0.6) is 0 Å². The van der Waals surface area contributed by atoms with Crippen LogP contribution in [0.2, 0.25) is 5.02 Å². The first-order valence-corrected chi connectivity index (χ1v) is 6.38. The number of fused-ring (bicyclic) bond motifs is 1. The molecule has 0 aliphatic heterocycles. The van der Waals surface area contributed by atoms with Crippen LogP contribution in [0.15, 0.2) is 12.3 Å². The van der Waals surface area contributed by atoms with Crippen molar-refractivity contribution >= 4 is 40.5 Å². The average Bonchev–Trinajstić information content (AvgIpc) is 2.67. The van der Waals surface area contributed by atoms with Crippen molar-refractivity contribution in [2.75, 3.05) is 6.61 Å². The van der Waals surface area contributed by atoms with E-state index in [0.29, 0.717) is 28.6 Å². The second-order valence-corrected chi connectivity index (χ2v) is 4.99. The number of hydrogen-bond acceptors (Lipinski definition) is 4. The molecule has 1 unspecified atom stereocenters. The molecule has 0 aliphatic rings. The van der Waals surface area contributed by atoms with Gasteiger partial charge in [0, 0.05) is 6.20 Å². The lowest BCUT2D eigenvalue weighted by atomic mass is 10.4. The summed E-state index contributed by atoms with van der Waals surface area (Å²) in [5.74, 6) is 0.638. The first kappa shape index (κ1) is 13.9. The summed E-state index contributed by atoms with van der Waals surface area (Å²) >= 11 is 12.0. The topological polar surface area (TPSA) is 83.0 Å². The summed E-state index contributed by atoms with van der Waals surface area (Å²) in [7, 11) is 0. The zero-order valence-corrected chi connectivity index (χ0v) is 11.6. The fraction of sp³-hybridized carbons (Fsp3) is 0.364. The van der Waals surface area contributed by atoms with Crippen molar-refractivity contribution in [2.24, 2.45) is 5.73 Å². The van der Waals surface area contributed by atoms with Gasteiger partial charge in [0.15, 0.2) is 5.65 Å². The fourth-order valence-corrected chi connectivity index (χ4v) is 2.08. The second kappa shape index (κ2) is 5.63. The number of ether oxygens (including phenoxy) is 1. The van der Waals surface area contributed by atoms with Gasteiger partial charge in [0.1, 0.15) is 17.9 Å². The lowest BCUT2D eigenvalue weighted by molar-refractivity contribution is 0.152. The molecular formula is C11H12Cl2N4O2. The van der Waals surface area contributed by atoms with Crippen LogP contribution >= 0.6 is 23.2 Å². The highest BCUT2D eigenvalue weighted by Crippen LogP contribution is 2.24. The standard InChI is InChI=1S/C11H12Cl2N4O2/c1-6(12)9-16-8-4-7(13)5-15-10(8)17(9)2-3-19-11(14)18/h4-6H,2-3H2,1H3,(H2,14,18). The molecule has 0 bridgehead atoms. The maximum Gasteiger partial charge on any atom is 0.404 e. The van der Waals surface area contributed by atoms with E-state index in [4.69, 9.17) is 33.7 Å². The molecule has 0 aromatic carbocycles. The van der Waals surface area contributed by atoms with E-state index in [0.717, 1.165) is 0 Å². The van der Waals surface area contributed by atoms with Gasteiger partial charge in [-0.1, -0.05) is 11.6 Å². The SMILES string of the molecule is CC(Cl)c1nc2cc(Cl)cnc2n1CCOC(N)=O. The van der Waals surface area contributed by atoms with Crippen LogP contribution in [0.1, 0.15) is 18.1 Å². The number of carbonyl (C=O) groups excluding carboxylic acids is 1. The lowest BCUT2D eigenvalue weighted by Gasteiger charge is -2.09. The van der Waals surface area contributed by atoms with Crippen LogP contribution < -0.4 is 5.73 Å². The van der Waals surface area contributed by atoms with Crippen molar-refractivity contribution in [1.29, 1.82) is 0 Å². The van der Waals surface area contributed by atoms with Gasteiger partial charge in [-0.3, -0.25) is 0 Å². The van der Waals surface area contributed by atoms with Gasteiger partial charge in [-0.05, 0) is 13.0 Å². The number of aromatic nitrogens is 3. The Balaban J connectivity index is 2.37. The maximum absolute atomic E-state index is 10.6. The Morgan fingerprint density at radius 3 is 3.00 bits per heavy atom. The van der Waals surface area contributed by atoms with Crippen molar-refractivity contribution in [1.82, 2.24) is 14.5 Å². The van der Waals surface area contributed by atoms with Crippen LogP contribution in [-0.4, -0.2) is 27.2 Å². The summed E-state index contributed by atoms with van der Waals surface area (Å²) < 4.78 is 6.50. The molecule has 1 amide bonds. The molecule has 2 N–H and O–H groups in total. The Hall–Kier alpha value is -1.53. The number of halogens is 2. The highest BCUT2D eigenvalue weighted by atomic mass is 35.5. The molecule has 19 heavy (non-hydrogen) atoms. The van der Waals surface area contributed by atoms with Gasteiger partial charge in [0.2, 0.25) is 0 Å². The largest absolute Gasteiger partial charge is 0.448 e. The number of hydrogen-bond donors (Lipinski definition) is 1. The Bertz CT molecular complexity index is 612. The van der Waals surface area contributed by atoms with E-state index in [9.17, 15) is 4.79 Å². The molecular weight excluding hydrogens is 291 g/mol. The third-order valence-corrected chi connectivity index (χ3v) is 2.90. The molecule has 0 saturated carbocycles. The zero-order chi connectivity index (χ0) is 14.0. The fourth-order valence-electron chi connectivity index (χ4n) is 1.77. The number of alkyl halides is 1. The van der Waals surface area contributed by atoms with Crippen LogP contribution in [0.25, 0.3) is 11.2 Å². The number of imidazole rings is 1. The number of rotatable bonds is 4. The third-order valence-electron chi connectivity index (χ3n) is 2.50. The van der Waals surface area contributed by atoms with Gasteiger partial charge < -0.3 is 15.0 Å². The third kappa shape index (κ3) is 3.08. The predicted molar refractivity (Wildman–Crippen MR) is 72.3 cm³/mol. The van der Waals surface area contributed by atoms with Crippen LogP contribution in [0.3, 0.4) is 0 Å². The molecule has 2 rings (SSSR count). The molecule has 102 valence electrons. The normalized spacial score (nSPS) is 12.6. The van der Waals surface area contributed by atoms with Crippen molar-refractivity contribution in [3.8, 4) is 0 Å². The summed E-state index contributed by atoms with van der Waals surface area (Å²) in [4.78, 5) is 19.2. The van der Waals surface area contributed by atoms with E-state index in [1.165, 1.54) is 6.20 Å². The smallest absolute Gasteiger partial charge is 0.404 e. The molecule has 2 heterocycles. The van der Waals surface area contributed by atoms with Crippen molar-refractivity contribution in [3.05, 3.63) is 23.1 Å². The van der Waals surface area contributed by atoms with E-state index >= 15 is 0 Å². The van der Waals surface area contributed by atoms with Crippen molar-refractivity contribution in [3.63, 3.8) is 0 Å². The Morgan fingerprint density at radius 1 is 1.63 bits per heavy atom. The molecule has 2 aromatic rings. The van der Waals surface area contributed by atoms with Gasteiger partial charge in [-0.2, -0.15) is 0 Å². The molecule has 0 saturated heterocycles.